The van der Waals surface area contributed by atoms with Crippen LogP contribution in [0.15, 0.2) is 48.5 Å². The van der Waals surface area contributed by atoms with Gasteiger partial charge in [0.05, 0.1) is 6.04 Å². The highest BCUT2D eigenvalue weighted by Crippen LogP contribution is 2.27. The summed E-state index contributed by atoms with van der Waals surface area (Å²) in [7, 11) is 0. The van der Waals surface area contributed by atoms with Gasteiger partial charge >= 0.3 is 0 Å². The van der Waals surface area contributed by atoms with Crippen molar-refractivity contribution in [1.29, 1.82) is 0 Å². The van der Waals surface area contributed by atoms with Crippen molar-refractivity contribution in [2.45, 2.75) is 72.1 Å². The van der Waals surface area contributed by atoms with Crippen LogP contribution in [0.1, 0.15) is 58.9 Å². The average molecular weight is 484 g/mol. The zero-order chi connectivity index (χ0) is 25.4. The molecule has 2 atom stereocenters. The molecule has 35 heavy (non-hydrogen) atoms. The third-order valence-corrected chi connectivity index (χ3v) is 7.19. The van der Waals surface area contributed by atoms with Crippen LogP contribution in [0.25, 0.3) is 0 Å². The van der Waals surface area contributed by atoms with E-state index in [9.17, 15) is 9.18 Å². The number of carbonyl (C=O) groups is 1. The Hall–Kier alpha value is -2.60. The molecule has 0 saturated carbocycles. The van der Waals surface area contributed by atoms with E-state index < -0.39 is 6.04 Å². The van der Waals surface area contributed by atoms with Crippen LogP contribution in [-0.4, -0.2) is 42.5 Å². The van der Waals surface area contributed by atoms with E-state index in [1.807, 2.05) is 17.0 Å². The second-order valence-corrected chi connectivity index (χ2v) is 10.3. The van der Waals surface area contributed by atoms with Gasteiger partial charge in [0.15, 0.2) is 0 Å². The number of piperidine rings is 1. The summed E-state index contributed by atoms with van der Waals surface area (Å²) in [4.78, 5) is 17.3. The summed E-state index contributed by atoms with van der Waals surface area (Å²) in [5, 5.41) is 0. The molecule has 6 heteroatoms. The molecule has 1 aliphatic heterocycles. The van der Waals surface area contributed by atoms with E-state index in [1.54, 1.807) is 12.1 Å². The number of rotatable bonds is 11. The number of nitrogens with two attached hydrogens (primary N) is 1. The molecule has 0 bridgehead atoms. The van der Waals surface area contributed by atoms with Gasteiger partial charge in [-0.05, 0) is 73.1 Å². The number of hydrogen-bond donors (Lipinski definition) is 1. The fraction of sp³-hybridized carbons (Fsp3) is 0.552. The van der Waals surface area contributed by atoms with Crippen molar-refractivity contribution in [3.05, 3.63) is 59.9 Å². The van der Waals surface area contributed by atoms with Crippen LogP contribution < -0.4 is 15.4 Å². The van der Waals surface area contributed by atoms with Gasteiger partial charge < -0.3 is 20.3 Å². The summed E-state index contributed by atoms with van der Waals surface area (Å²) < 4.78 is 19.0. The quantitative estimate of drug-likeness (QED) is 0.451. The molecule has 192 valence electrons. The van der Waals surface area contributed by atoms with Crippen LogP contribution in [0.4, 0.5) is 10.1 Å². The smallest absolute Gasteiger partial charge is 0.239 e. The predicted molar refractivity (Wildman–Crippen MR) is 141 cm³/mol. The van der Waals surface area contributed by atoms with E-state index in [0.717, 1.165) is 56.6 Å². The normalized spacial score (nSPS) is 16.3. The van der Waals surface area contributed by atoms with Gasteiger partial charge in [-0.1, -0.05) is 46.2 Å². The Labute approximate surface area is 210 Å². The molecule has 0 aromatic heterocycles. The van der Waals surface area contributed by atoms with Crippen LogP contribution in [0.2, 0.25) is 0 Å². The number of nitrogens with zero attached hydrogens (tertiary/aromatic N) is 2. The van der Waals surface area contributed by atoms with Crippen LogP contribution in [0, 0.1) is 17.7 Å². The standard InChI is InChI=1S/C29H42FN3O2/c1-5-22(4)28(31)29(34)32-17-15-26(16-18-32)33(19-14-21(2)3)25-10-12-27(13-11-25)35-20-23-6-8-24(30)9-7-23/h6-13,21-22,26,28H,5,14-20,31H2,1-4H3. The minimum absolute atomic E-state index is 0.0918. The van der Waals surface area contributed by atoms with Crippen molar-refractivity contribution in [3.63, 3.8) is 0 Å². The molecular weight excluding hydrogens is 441 g/mol. The topological polar surface area (TPSA) is 58.8 Å². The van der Waals surface area contributed by atoms with Gasteiger partial charge in [-0.25, -0.2) is 4.39 Å². The lowest BCUT2D eigenvalue weighted by molar-refractivity contribution is -0.134. The SMILES string of the molecule is CCC(C)C(N)C(=O)N1CCC(N(CCC(C)C)c2ccc(OCc3ccc(F)cc3)cc2)CC1. The second kappa shape index (κ2) is 12.9. The molecule has 0 aliphatic carbocycles. The summed E-state index contributed by atoms with van der Waals surface area (Å²) in [6.45, 7) is 11.5. The summed E-state index contributed by atoms with van der Waals surface area (Å²) in [5.41, 5.74) is 8.34. The molecule has 3 rings (SSSR count). The Balaban J connectivity index is 1.62. The molecule has 1 saturated heterocycles. The van der Waals surface area contributed by atoms with E-state index in [2.05, 4.69) is 44.7 Å². The van der Waals surface area contributed by atoms with Crippen LogP contribution >= 0.6 is 0 Å². The van der Waals surface area contributed by atoms with Gasteiger partial charge in [-0.2, -0.15) is 0 Å². The maximum atomic E-state index is 13.1. The molecule has 1 amide bonds. The van der Waals surface area contributed by atoms with Gasteiger partial charge in [0.2, 0.25) is 5.91 Å². The Morgan fingerprint density at radius 1 is 1.09 bits per heavy atom. The monoisotopic (exact) mass is 483 g/mol. The number of hydrogen-bond acceptors (Lipinski definition) is 4. The molecule has 2 aromatic rings. The molecule has 1 heterocycles. The lowest BCUT2D eigenvalue weighted by Crippen LogP contribution is -2.52. The lowest BCUT2D eigenvalue weighted by atomic mass is 9.96. The van der Waals surface area contributed by atoms with Gasteiger partial charge in [-0.15, -0.1) is 0 Å². The van der Waals surface area contributed by atoms with Crippen molar-refractivity contribution < 1.29 is 13.9 Å². The van der Waals surface area contributed by atoms with E-state index in [-0.39, 0.29) is 17.6 Å². The first kappa shape index (κ1) is 27.0. The minimum atomic E-state index is -0.406. The summed E-state index contributed by atoms with van der Waals surface area (Å²) >= 11 is 0. The third kappa shape index (κ3) is 7.69. The van der Waals surface area contributed by atoms with Gasteiger partial charge in [0.1, 0.15) is 18.2 Å². The maximum absolute atomic E-state index is 13.1. The largest absolute Gasteiger partial charge is 0.489 e. The van der Waals surface area contributed by atoms with Gasteiger partial charge in [0, 0.05) is 31.4 Å². The molecule has 1 aliphatic rings. The molecule has 0 radical (unpaired) electrons. The Kier molecular flexibility index (Phi) is 9.96. The number of ether oxygens (including phenoxy) is 1. The van der Waals surface area contributed by atoms with Crippen LogP contribution in [0.5, 0.6) is 5.75 Å². The van der Waals surface area contributed by atoms with E-state index in [0.29, 0.717) is 18.6 Å². The van der Waals surface area contributed by atoms with E-state index in [1.165, 1.54) is 17.8 Å². The molecule has 0 spiro atoms. The molecule has 2 unspecified atom stereocenters. The van der Waals surface area contributed by atoms with Crippen LogP contribution in [0.3, 0.4) is 0 Å². The molecule has 5 nitrogen and oxygen atoms in total. The summed E-state index contributed by atoms with van der Waals surface area (Å²) in [6.07, 6.45) is 3.91. The van der Waals surface area contributed by atoms with Gasteiger partial charge in [-0.3, -0.25) is 4.79 Å². The maximum Gasteiger partial charge on any atom is 0.239 e. The Morgan fingerprint density at radius 3 is 2.29 bits per heavy atom. The molecule has 2 aromatic carbocycles. The fourth-order valence-corrected chi connectivity index (χ4v) is 4.51. The average Bonchev–Trinajstić information content (AvgIpc) is 2.88. The number of anilines is 1. The van der Waals surface area contributed by atoms with Crippen molar-refractivity contribution in [3.8, 4) is 5.75 Å². The summed E-state index contributed by atoms with van der Waals surface area (Å²) in [5.74, 6) is 1.46. The molecular formula is C29H42FN3O2. The van der Waals surface area contributed by atoms with E-state index >= 15 is 0 Å². The zero-order valence-corrected chi connectivity index (χ0v) is 21.8. The summed E-state index contributed by atoms with van der Waals surface area (Å²) in [6, 6.07) is 14.6. The Morgan fingerprint density at radius 2 is 1.71 bits per heavy atom. The number of carbonyl (C=O) groups excluding carboxylic acids is 1. The van der Waals surface area contributed by atoms with Crippen molar-refractivity contribution in [1.82, 2.24) is 4.90 Å². The van der Waals surface area contributed by atoms with Crippen LogP contribution in [-0.2, 0) is 11.4 Å². The minimum Gasteiger partial charge on any atom is -0.489 e. The van der Waals surface area contributed by atoms with Crippen molar-refractivity contribution in [2.24, 2.45) is 17.6 Å². The number of benzene rings is 2. The molecule has 1 fully saturated rings. The number of likely N-dealkylation sites (tertiary alicyclic amines) is 1. The first-order chi connectivity index (χ1) is 16.8. The highest BCUT2D eigenvalue weighted by Gasteiger charge is 2.31. The fourth-order valence-electron chi connectivity index (χ4n) is 4.51. The highest BCUT2D eigenvalue weighted by molar-refractivity contribution is 5.82. The highest BCUT2D eigenvalue weighted by atomic mass is 19.1. The number of amides is 1. The second-order valence-electron chi connectivity index (χ2n) is 10.3. The van der Waals surface area contributed by atoms with E-state index in [4.69, 9.17) is 10.5 Å². The van der Waals surface area contributed by atoms with Gasteiger partial charge in [0.25, 0.3) is 0 Å². The Bertz CT molecular complexity index is 909. The first-order valence-electron chi connectivity index (χ1n) is 13.1. The number of halogens is 1. The van der Waals surface area contributed by atoms with Crippen molar-refractivity contribution in [2.75, 3.05) is 24.5 Å². The first-order valence-corrected chi connectivity index (χ1v) is 13.1. The zero-order valence-electron chi connectivity index (χ0n) is 21.8. The predicted octanol–water partition coefficient (Wildman–Crippen LogP) is 5.62. The van der Waals surface area contributed by atoms with Crippen molar-refractivity contribution >= 4 is 11.6 Å². The lowest BCUT2D eigenvalue weighted by Gasteiger charge is -2.41. The molecule has 2 N–H and O–H groups in total. The third-order valence-electron chi connectivity index (χ3n) is 7.19.